The Kier molecular flexibility index (Phi) is 7.42. The van der Waals surface area contributed by atoms with Gasteiger partial charge in [0.05, 0.1) is 23.5 Å². The van der Waals surface area contributed by atoms with E-state index in [1.165, 1.54) is 35.5 Å². The van der Waals surface area contributed by atoms with Crippen LogP contribution in [0.25, 0.3) is 0 Å². The maximum Gasteiger partial charge on any atom is 0.243 e. The zero-order valence-corrected chi connectivity index (χ0v) is 18.1. The van der Waals surface area contributed by atoms with Crippen LogP contribution < -0.4 is 10.6 Å². The molecule has 3 rings (SSSR count). The molecule has 9 heteroatoms. The Morgan fingerprint density at radius 2 is 1.81 bits per heavy atom. The summed E-state index contributed by atoms with van der Waals surface area (Å²) in [4.78, 5) is 24.1. The molecule has 0 bridgehead atoms. The molecule has 31 heavy (non-hydrogen) atoms. The normalized spacial score (nSPS) is 18.2. The maximum absolute atomic E-state index is 13.1. The van der Waals surface area contributed by atoms with Crippen molar-refractivity contribution in [2.45, 2.75) is 30.7 Å². The molecule has 1 aliphatic rings. The van der Waals surface area contributed by atoms with Crippen LogP contribution in [-0.2, 0) is 19.6 Å². The Labute approximate surface area is 182 Å². The van der Waals surface area contributed by atoms with E-state index in [1.807, 2.05) is 30.3 Å². The molecular weight excluding hydrogens is 418 g/mol. The first-order valence-corrected chi connectivity index (χ1v) is 11.6. The molecule has 0 spiro atoms. The summed E-state index contributed by atoms with van der Waals surface area (Å²) in [6, 6.07) is 14.6. The number of nitrogens with one attached hydrogen (secondary N) is 2. The number of hydrogen-bond donors (Lipinski definition) is 3. The van der Waals surface area contributed by atoms with Crippen molar-refractivity contribution in [1.29, 1.82) is 0 Å². The second-order valence-electron chi connectivity index (χ2n) is 7.56. The molecule has 0 aliphatic carbocycles. The molecule has 166 valence electrons. The summed E-state index contributed by atoms with van der Waals surface area (Å²) in [6.07, 6.45) is 1.14. The molecule has 2 aromatic carbocycles. The van der Waals surface area contributed by atoms with Gasteiger partial charge in [-0.05, 0) is 42.7 Å². The molecule has 3 N–H and O–H groups in total. The monoisotopic (exact) mass is 445 g/mol. The molecule has 0 radical (unpaired) electrons. The number of hydrogen-bond acceptors (Lipinski definition) is 5. The van der Waals surface area contributed by atoms with Gasteiger partial charge >= 0.3 is 0 Å². The Balaban J connectivity index is 1.68. The molecular formula is C22H27N3O5S. The highest BCUT2D eigenvalue weighted by Gasteiger charge is 2.34. The highest BCUT2D eigenvalue weighted by molar-refractivity contribution is 7.89. The fraction of sp³-hybridized carbons (Fsp3) is 0.364. The SMILES string of the molecule is CC(=O)Nc1ccc(S(=O)(=O)N2CCCC(C(=O)N[C@H](CO)c3ccccc3)C2)cc1. The summed E-state index contributed by atoms with van der Waals surface area (Å²) in [5, 5.41) is 15.1. The van der Waals surface area contributed by atoms with Gasteiger partial charge in [-0.2, -0.15) is 4.31 Å². The van der Waals surface area contributed by atoms with Gasteiger partial charge in [0.15, 0.2) is 0 Å². The molecule has 2 aromatic rings. The maximum atomic E-state index is 13.1. The molecule has 1 aliphatic heterocycles. The Bertz CT molecular complexity index is 1010. The van der Waals surface area contributed by atoms with Gasteiger partial charge in [0.25, 0.3) is 0 Å². The summed E-state index contributed by atoms with van der Waals surface area (Å²) < 4.78 is 27.4. The number of carbonyl (C=O) groups excluding carboxylic acids is 2. The lowest BCUT2D eigenvalue weighted by Crippen LogP contribution is -2.46. The lowest BCUT2D eigenvalue weighted by atomic mass is 9.97. The molecule has 0 aromatic heterocycles. The van der Waals surface area contributed by atoms with Gasteiger partial charge in [-0.1, -0.05) is 30.3 Å². The Hall–Kier alpha value is -2.75. The number of anilines is 1. The van der Waals surface area contributed by atoms with Gasteiger partial charge in [0.2, 0.25) is 21.8 Å². The van der Waals surface area contributed by atoms with E-state index in [0.29, 0.717) is 25.1 Å². The third kappa shape index (κ3) is 5.69. The van der Waals surface area contributed by atoms with E-state index in [-0.39, 0.29) is 29.9 Å². The van der Waals surface area contributed by atoms with Crippen molar-refractivity contribution in [2.24, 2.45) is 5.92 Å². The molecule has 8 nitrogen and oxygen atoms in total. The first-order chi connectivity index (χ1) is 14.8. The number of piperidine rings is 1. The van der Waals surface area contributed by atoms with E-state index >= 15 is 0 Å². The summed E-state index contributed by atoms with van der Waals surface area (Å²) in [7, 11) is -3.77. The van der Waals surface area contributed by atoms with Gasteiger partial charge in [0.1, 0.15) is 0 Å². The molecule has 1 saturated heterocycles. The fourth-order valence-electron chi connectivity index (χ4n) is 3.65. The number of benzene rings is 2. The minimum atomic E-state index is -3.77. The number of aliphatic hydroxyl groups excluding tert-OH is 1. The number of amides is 2. The van der Waals surface area contributed by atoms with Gasteiger partial charge in [0, 0.05) is 25.7 Å². The van der Waals surface area contributed by atoms with Crippen molar-refractivity contribution >= 4 is 27.5 Å². The van der Waals surface area contributed by atoms with E-state index < -0.39 is 22.0 Å². The van der Waals surface area contributed by atoms with Crippen molar-refractivity contribution in [1.82, 2.24) is 9.62 Å². The second-order valence-corrected chi connectivity index (χ2v) is 9.50. The standard InChI is InChI=1S/C22H27N3O5S/c1-16(27)23-19-9-11-20(12-10-19)31(29,30)25-13-5-8-18(14-25)22(28)24-21(15-26)17-6-3-2-4-7-17/h2-4,6-7,9-12,18,21,26H,5,8,13-15H2,1H3,(H,23,27)(H,24,28)/t18?,21-/m1/s1. The average molecular weight is 446 g/mol. The summed E-state index contributed by atoms with van der Waals surface area (Å²) in [5.74, 6) is -1.01. The number of nitrogens with zero attached hydrogens (tertiary/aromatic N) is 1. The van der Waals surface area contributed by atoms with Crippen LogP contribution in [0.4, 0.5) is 5.69 Å². The van der Waals surface area contributed by atoms with E-state index in [2.05, 4.69) is 10.6 Å². The molecule has 1 heterocycles. The van der Waals surface area contributed by atoms with Crippen LogP contribution in [0, 0.1) is 5.92 Å². The smallest absolute Gasteiger partial charge is 0.243 e. The van der Waals surface area contributed by atoms with Gasteiger partial charge < -0.3 is 15.7 Å². The minimum Gasteiger partial charge on any atom is -0.394 e. The van der Waals surface area contributed by atoms with E-state index in [9.17, 15) is 23.1 Å². The molecule has 2 amide bonds. The third-order valence-electron chi connectivity index (χ3n) is 5.27. The first kappa shape index (κ1) is 22.9. The average Bonchev–Trinajstić information content (AvgIpc) is 2.78. The van der Waals surface area contributed by atoms with Crippen LogP contribution in [0.1, 0.15) is 31.4 Å². The van der Waals surface area contributed by atoms with Gasteiger partial charge in [-0.15, -0.1) is 0 Å². The van der Waals surface area contributed by atoms with Crippen molar-refractivity contribution in [3.63, 3.8) is 0 Å². The summed E-state index contributed by atoms with van der Waals surface area (Å²) in [5.41, 5.74) is 1.30. The van der Waals surface area contributed by atoms with Crippen LogP contribution >= 0.6 is 0 Å². The van der Waals surface area contributed by atoms with Crippen LogP contribution in [0.2, 0.25) is 0 Å². The highest BCUT2D eigenvalue weighted by atomic mass is 32.2. The number of aliphatic hydroxyl groups is 1. The number of sulfonamides is 1. The van der Waals surface area contributed by atoms with Gasteiger partial charge in [-0.25, -0.2) is 8.42 Å². The van der Waals surface area contributed by atoms with Crippen molar-refractivity contribution < 1.29 is 23.1 Å². The topological polar surface area (TPSA) is 116 Å². The quantitative estimate of drug-likeness (QED) is 0.602. The van der Waals surface area contributed by atoms with E-state index in [0.717, 1.165) is 5.56 Å². The van der Waals surface area contributed by atoms with Crippen LogP contribution in [0.15, 0.2) is 59.5 Å². The highest BCUT2D eigenvalue weighted by Crippen LogP contribution is 2.25. The lowest BCUT2D eigenvalue weighted by Gasteiger charge is -2.32. The largest absolute Gasteiger partial charge is 0.394 e. The minimum absolute atomic E-state index is 0.0779. The van der Waals surface area contributed by atoms with Crippen molar-refractivity contribution in [2.75, 3.05) is 25.0 Å². The van der Waals surface area contributed by atoms with Crippen molar-refractivity contribution in [3.8, 4) is 0 Å². The molecule has 1 unspecified atom stereocenters. The first-order valence-electron chi connectivity index (χ1n) is 10.1. The second kappa shape index (κ2) is 10.0. The van der Waals surface area contributed by atoms with E-state index in [4.69, 9.17) is 0 Å². The Morgan fingerprint density at radius 1 is 1.13 bits per heavy atom. The molecule has 2 atom stereocenters. The van der Waals surface area contributed by atoms with Crippen LogP contribution in [-0.4, -0.2) is 49.3 Å². The van der Waals surface area contributed by atoms with Crippen LogP contribution in [0.3, 0.4) is 0 Å². The van der Waals surface area contributed by atoms with Gasteiger partial charge in [-0.3, -0.25) is 9.59 Å². The fourth-order valence-corrected chi connectivity index (χ4v) is 5.17. The van der Waals surface area contributed by atoms with E-state index in [1.54, 1.807) is 0 Å². The number of rotatable bonds is 7. The summed E-state index contributed by atoms with van der Waals surface area (Å²) in [6.45, 7) is 1.55. The predicted molar refractivity (Wildman–Crippen MR) is 117 cm³/mol. The number of carbonyl (C=O) groups is 2. The van der Waals surface area contributed by atoms with Crippen molar-refractivity contribution in [3.05, 3.63) is 60.2 Å². The zero-order chi connectivity index (χ0) is 22.4. The molecule has 0 saturated carbocycles. The molecule has 1 fully saturated rings. The lowest BCUT2D eigenvalue weighted by molar-refractivity contribution is -0.127. The summed E-state index contributed by atoms with van der Waals surface area (Å²) >= 11 is 0. The zero-order valence-electron chi connectivity index (χ0n) is 17.3. The third-order valence-corrected chi connectivity index (χ3v) is 7.15. The predicted octanol–water partition coefficient (Wildman–Crippen LogP) is 1.90. The van der Waals surface area contributed by atoms with Crippen LogP contribution in [0.5, 0.6) is 0 Å². The Morgan fingerprint density at radius 3 is 2.42 bits per heavy atom.